The molecule has 0 aromatic heterocycles. The molecule has 1 aliphatic carbocycles. The lowest BCUT2D eigenvalue weighted by Gasteiger charge is -2.36. The van der Waals surface area contributed by atoms with Crippen LogP contribution in [0.15, 0.2) is 48.5 Å². The smallest absolute Gasteiger partial charge is 0.254 e. The Bertz CT molecular complexity index is 1070. The van der Waals surface area contributed by atoms with Crippen LogP contribution in [-0.4, -0.2) is 54.9 Å². The monoisotopic (exact) mass is 477 g/mol. The van der Waals surface area contributed by atoms with Gasteiger partial charge in [0.05, 0.1) is 13.0 Å². The molecule has 2 aliphatic rings. The zero-order valence-electron chi connectivity index (χ0n) is 20.6. The number of nitrogens with zero attached hydrogens (tertiary/aromatic N) is 1. The maximum Gasteiger partial charge on any atom is 0.254 e. The molecule has 1 saturated carbocycles. The Morgan fingerprint density at radius 3 is 2.40 bits per heavy atom. The summed E-state index contributed by atoms with van der Waals surface area (Å²) in [4.78, 5) is 41.0. The van der Waals surface area contributed by atoms with Crippen LogP contribution >= 0.6 is 0 Å². The first-order valence-corrected chi connectivity index (χ1v) is 12.6. The van der Waals surface area contributed by atoms with Crippen molar-refractivity contribution in [2.24, 2.45) is 5.92 Å². The maximum atomic E-state index is 13.2. The summed E-state index contributed by atoms with van der Waals surface area (Å²) in [6.07, 6.45) is 5.26. The van der Waals surface area contributed by atoms with Crippen LogP contribution in [-0.2, 0) is 4.79 Å². The predicted molar refractivity (Wildman–Crippen MR) is 134 cm³/mol. The van der Waals surface area contributed by atoms with Gasteiger partial charge in [-0.2, -0.15) is 0 Å². The van der Waals surface area contributed by atoms with Crippen LogP contribution in [0, 0.1) is 12.8 Å². The molecule has 2 aromatic rings. The summed E-state index contributed by atoms with van der Waals surface area (Å²) in [6, 6.07) is 14.5. The minimum absolute atomic E-state index is 0.0322. The minimum atomic E-state index is -0.257. The standard InChI is InChI=1S/C28H35N3O4/c1-19-9-3-4-13-23(19)27(33)30-25-15-6-5-14-24(25)29-26(32)21-11-8-16-31(18-21)28(34)20-10-7-12-22(17-20)35-2/h3-4,7,9-10,12-13,17,21,24-25H,5-6,8,11,14-16,18H2,1-2H3,(H,29,32)(H,30,33)/t21-,24+,25+/m0/s1. The van der Waals surface area contributed by atoms with E-state index in [-0.39, 0.29) is 35.7 Å². The number of nitrogens with one attached hydrogen (secondary N) is 2. The van der Waals surface area contributed by atoms with Gasteiger partial charge in [-0.3, -0.25) is 14.4 Å². The molecule has 2 fully saturated rings. The molecule has 2 N–H and O–H groups in total. The first-order chi connectivity index (χ1) is 17.0. The Balaban J connectivity index is 1.37. The molecule has 0 bridgehead atoms. The van der Waals surface area contributed by atoms with Gasteiger partial charge in [0.15, 0.2) is 0 Å². The maximum absolute atomic E-state index is 13.2. The van der Waals surface area contributed by atoms with Crippen LogP contribution < -0.4 is 15.4 Å². The van der Waals surface area contributed by atoms with E-state index in [1.54, 1.807) is 30.2 Å². The molecule has 7 nitrogen and oxygen atoms in total. The second-order valence-corrected chi connectivity index (χ2v) is 9.62. The lowest BCUT2D eigenvalue weighted by Crippen LogP contribution is -2.55. The molecule has 1 aliphatic heterocycles. The molecule has 0 unspecified atom stereocenters. The summed E-state index contributed by atoms with van der Waals surface area (Å²) in [7, 11) is 1.58. The van der Waals surface area contributed by atoms with Gasteiger partial charge < -0.3 is 20.3 Å². The lowest BCUT2D eigenvalue weighted by molar-refractivity contribution is -0.127. The number of rotatable bonds is 6. The summed E-state index contributed by atoms with van der Waals surface area (Å²) < 4.78 is 5.24. The quantitative estimate of drug-likeness (QED) is 0.664. The topological polar surface area (TPSA) is 87.7 Å². The second kappa shape index (κ2) is 11.4. The summed E-state index contributed by atoms with van der Waals surface area (Å²) in [5.74, 6) is 0.172. The number of piperidine rings is 1. The number of hydrogen-bond acceptors (Lipinski definition) is 4. The molecule has 2 aromatic carbocycles. The van der Waals surface area contributed by atoms with Crippen LogP contribution in [0.3, 0.4) is 0 Å². The van der Waals surface area contributed by atoms with Crippen molar-refractivity contribution in [1.82, 2.24) is 15.5 Å². The Morgan fingerprint density at radius 2 is 1.66 bits per heavy atom. The van der Waals surface area contributed by atoms with Crippen LogP contribution in [0.2, 0.25) is 0 Å². The first-order valence-electron chi connectivity index (χ1n) is 12.6. The van der Waals surface area contributed by atoms with Crippen molar-refractivity contribution in [3.05, 3.63) is 65.2 Å². The van der Waals surface area contributed by atoms with Crippen LogP contribution in [0.25, 0.3) is 0 Å². The molecule has 7 heteroatoms. The van der Waals surface area contributed by atoms with E-state index in [0.29, 0.717) is 30.0 Å². The molecule has 0 radical (unpaired) electrons. The van der Waals surface area contributed by atoms with E-state index in [4.69, 9.17) is 4.74 Å². The Kier molecular flexibility index (Phi) is 8.06. The Hall–Kier alpha value is -3.35. The number of ether oxygens (including phenoxy) is 1. The fourth-order valence-electron chi connectivity index (χ4n) is 5.17. The highest BCUT2D eigenvalue weighted by Gasteiger charge is 2.33. The highest BCUT2D eigenvalue weighted by molar-refractivity contribution is 5.96. The molecule has 3 amide bonds. The number of carbonyl (C=O) groups excluding carboxylic acids is 3. The average molecular weight is 478 g/mol. The molecule has 186 valence electrons. The fourth-order valence-corrected chi connectivity index (χ4v) is 5.17. The number of benzene rings is 2. The molecule has 35 heavy (non-hydrogen) atoms. The lowest BCUT2D eigenvalue weighted by atomic mass is 9.88. The largest absolute Gasteiger partial charge is 0.497 e. The van der Waals surface area contributed by atoms with E-state index < -0.39 is 0 Å². The molecular weight excluding hydrogens is 442 g/mol. The fraction of sp³-hybridized carbons (Fsp3) is 0.464. The van der Waals surface area contributed by atoms with Gasteiger partial charge in [0.25, 0.3) is 11.8 Å². The van der Waals surface area contributed by atoms with Gasteiger partial charge in [-0.15, -0.1) is 0 Å². The van der Waals surface area contributed by atoms with Crippen molar-refractivity contribution < 1.29 is 19.1 Å². The number of likely N-dealkylation sites (tertiary alicyclic amines) is 1. The van der Waals surface area contributed by atoms with Crippen molar-refractivity contribution >= 4 is 17.7 Å². The summed E-state index contributed by atoms with van der Waals surface area (Å²) >= 11 is 0. The molecule has 4 rings (SSSR count). The second-order valence-electron chi connectivity index (χ2n) is 9.62. The highest BCUT2D eigenvalue weighted by atomic mass is 16.5. The van der Waals surface area contributed by atoms with Gasteiger partial charge in [0, 0.05) is 36.3 Å². The first kappa shape index (κ1) is 24.8. The van der Waals surface area contributed by atoms with E-state index >= 15 is 0 Å². The number of carbonyl (C=O) groups is 3. The summed E-state index contributed by atoms with van der Waals surface area (Å²) in [6.45, 7) is 2.96. The summed E-state index contributed by atoms with van der Waals surface area (Å²) in [5, 5.41) is 6.38. The summed E-state index contributed by atoms with van der Waals surface area (Å²) in [5.41, 5.74) is 2.17. The molecular formula is C28H35N3O4. The third-order valence-corrected chi connectivity index (χ3v) is 7.20. The van der Waals surface area contributed by atoms with Crippen molar-refractivity contribution in [2.75, 3.05) is 20.2 Å². The van der Waals surface area contributed by atoms with E-state index in [9.17, 15) is 14.4 Å². The van der Waals surface area contributed by atoms with E-state index in [1.807, 2.05) is 37.3 Å². The van der Waals surface area contributed by atoms with E-state index in [1.165, 1.54) is 0 Å². The Morgan fingerprint density at radius 1 is 0.914 bits per heavy atom. The van der Waals surface area contributed by atoms with E-state index in [0.717, 1.165) is 44.1 Å². The van der Waals surface area contributed by atoms with Crippen LogP contribution in [0.4, 0.5) is 0 Å². The van der Waals surface area contributed by atoms with Gasteiger partial charge in [-0.1, -0.05) is 37.1 Å². The van der Waals surface area contributed by atoms with E-state index in [2.05, 4.69) is 10.6 Å². The van der Waals surface area contributed by atoms with Crippen molar-refractivity contribution in [1.29, 1.82) is 0 Å². The van der Waals surface area contributed by atoms with Crippen molar-refractivity contribution in [3.8, 4) is 5.75 Å². The number of aryl methyl sites for hydroxylation is 1. The molecule has 1 heterocycles. The van der Waals surface area contributed by atoms with Gasteiger partial charge in [-0.05, 0) is 62.4 Å². The average Bonchev–Trinajstić information content (AvgIpc) is 2.89. The van der Waals surface area contributed by atoms with Crippen molar-refractivity contribution in [2.45, 2.75) is 57.5 Å². The Labute approximate surface area is 207 Å². The van der Waals surface area contributed by atoms with Gasteiger partial charge >= 0.3 is 0 Å². The normalized spacial score (nSPS) is 22.2. The van der Waals surface area contributed by atoms with Gasteiger partial charge in [0.2, 0.25) is 5.91 Å². The van der Waals surface area contributed by atoms with Gasteiger partial charge in [0.1, 0.15) is 5.75 Å². The SMILES string of the molecule is COc1cccc(C(=O)N2CCC[C@H](C(=O)N[C@@H]3CCCC[C@H]3NC(=O)c3ccccc3C)C2)c1. The molecule has 0 spiro atoms. The molecule has 1 saturated heterocycles. The number of amides is 3. The third kappa shape index (κ3) is 6.02. The number of hydrogen-bond donors (Lipinski definition) is 2. The highest BCUT2D eigenvalue weighted by Crippen LogP contribution is 2.24. The predicted octanol–water partition coefficient (Wildman–Crippen LogP) is 3.71. The minimum Gasteiger partial charge on any atom is -0.497 e. The van der Waals surface area contributed by atoms with Crippen molar-refractivity contribution in [3.63, 3.8) is 0 Å². The zero-order valence-corrected chi connectivity index (χ0v) is 20.6. The molecule has 3 atom stereocenters. The third-order valence-electron chi connectivity index (χ3n) is 7.20. The van der Waals surface area contributed by atoms with Crippen LogP contribution in [0.5, 0.6) is 5.75 Å². The zero-order chi connectivity index (χ0) is 24.8. The van der Waals surface area contributed by atoms with Gasteiger partial charge in [-0.25, -0.2) is 0 Å². The van der Waals surface area contributed by atoms with Crippen LogP contribution in [0.1, 0.15) is 64.8 Å². The number of methoxy groups -OCH3 is 1.